The number of esters is 2. The molecule has 6 aliphatic rings. The average Bonchev–Trinajstić information content (AvgIpc) is 1.63. The Bertz CT molecular complexity index is 5130. The Kier molecular flexibility index (Phi) is 38.1. The summed E-state index contributed by atoms with van der Waals surface area (Å²) >= 11 is 0. The third-order valence-electron chi connectivity index (χ3n) is 27.1. The molecule has 15 atom stereocenters. The maximum absolute atomic E-state index is 14.8. The van der Waals surface area contributed by atoms with Crippen LogP contribution >= 0.6 is 0 Å². The zero-order chi connectivity index (χ0) is 96.4. The molecule has 10 heterocycles. The number of benzene rings is 1. The van der Waals surface area contributed by atoms with Gasteiger partial charge in [0.1, 0.15) is 65.4 Å². The highest BCUT2D eigenvalue weighted by Crippen LogP contribution is 2.40. The van der Waals surface area contributed by atoms with Gasteiger partial charge in [-0.3, -0.25) is 43.3 Å². The fourth-order valence-corrected chi connectivity index (χ4v) is 18.9. The minimum absolute atomic E-state index is 0.0119. The van der Waals surface area contributed by atoms with E-state index in [2.05, 4.69) is 50.0 Å². The van der Waals surface area contributed by atoms with Crippen molar-refractivity contribution in [3.63, 3.8) is 0 Å². The number of methoxy groups -OCH3 is 3. The molecule has 37 nitrogen and oxygen atoms in total. The van der Waals surface area contributed by atoms with Gasteiger partial charge >= 0.3 is 11.9 Å². The summed E-state index contributed by atoms with van der Waals surface area (Å²) in [4.78, 5) is 166. The lowest BCUT2D eigenvalue weighted by atomic mass is 9.78. The van der Waals surface area contributed by atoms with Crippen LogP contribution in [0.3, 0.4) is 0 Å². The summed E-state index contributed by atoms with van der Waals surface area (Å²) in [6.45, 7) is 20.4. The fraction of sp³-hybridized carbons (Fsp3) is 0.622. The number of anilines is 4. The third kappa shape index (κ3) is 28.0. The number of carbonyl (C=O) groups excluding carboxylic acids is 9. The quantitative estimate of drug-likeness (QED) is 0.0114. The maximum Gasteiger partial charge on any atom is 0.329 e. The number of allylic oxidation sites excluding steroid dienone is 6. The Morgan fingerprint density at radius 3 is 2.17 bits per heavy atom. The van der Waals surface area contributed by atoms with Crippen molar-refractivity contribution in [3.8, 4) is 11.3 Å². The number of oxazole rings is 1. The minimum Gasteiger partial charge on any atom is -0.460 e. The number of hydrogen-bond acceptors (Lipinski definition) is 33. The number of nitrogens with zero attached hydrogens (tertiary/aromatic N) is 14. The number of nitrogen functional groups attached to an aromatic ring is 2. The Hall–Kier alpha value is -10.8. The summed E-state index contributed by atoms with van der Waals surface area (Å²) in [5.41, 5.74) is 17.5. The molecule has 0 unspecified atom stereocenters. The number of ether oxygens (including phenoxy) is 8. The summed E-state index contributed by atoms with van der Waals surface area (Å²) in [7, 11) is 4.51. The number of carbonyl (C=O) groups is 9. The Morgan fingerprint density at radius 1 is 0.711 bits per heavy atom. The van der Waals surface area contributed by atoms with Gasteiger partial charge in [-0.25, -0.2) is 39.4 Å². The zero-order valence-electron chi connectivity index (χ0n) is 79.8. The summed E-state index contributed by atoms with van der Waals surface area (Å²) in [5.74, 6) is -7.96. The van der Waals surface area contributed by atoms with Crippen LogP contribution in [0.25, 0.3) is 33.4 Å². The molecule has 5 aliphatic heterocycles. The first-order valence-electron chi connectivity index (χ1n) is 47.9. The molecule has 0 spiro atoms. The van der Waals surface area contributed by atoms with E-state index in [0.717, 1.165) is 42.6 Å². The number of piperidine rings is 1. The fourth-order valence-electron chi connectivity index (χ4n) is 18.9. The molecule has 2 bridgehead atoms. The van der Waals surface area contributed by atoms with Crippen molar-refractivity contribution in [1.29, 1.82) is 0 Å². The molecule has 3 amide bonds. The molecule has 1 aromatic carbocycles. The van der Waals surface area contributed by atoms with Crippen LogP contribution in [0.1, 0.15) is 186 Å². The van der Waals surface area contributed by atoms with E-state index in [4.69, 9.17) is 58.9 Å². The maximum atomic E-state index is 14.8. The van der Waals surface area contributed by atoms with Crippen molar-refractivity contribution in [3.05, 3.63) is 108 Å². The smallest absolute Gasteiger partial charge is 0.329 e. The number of amides is 3. The number of aryl methyl sites for hydroxylation is 2. The number of nitrogens with one attached hydrogen (secondary N) is 1. The van der Waals surface area contributed by atoms with Gasteiger partial charge in [0.2, 0.25) is 23.6 Å². The van der Waals surface area contributed by atoms with E-state index in [1.54, 1.807) is 66.5 Å². The molecule has 4 saturated heterocycles. The van der Waals surface area contributed by atoms with E-state index in [1.165, 1.54) is 30.7 Å². The lowest BCUT2D eigenvalue weighted by Crippen LogP contribution is -2.61. The van der Waals surface area contributed by atoms with Gasteiger partial charge in [0, 0.05) is 180 Å². The molecule has 135 heavy (non-hydrogen) atoms. The number of Topliss-reactive ketones (excluding diaryl/α,β-unsaturated/α-hetero) is 4. The zero-order valence-corrected chi connectivity index (χ0v) is 79.8. The van der Waals surface area contributed by atoms with E-state index < -0.39 is 102 Å². The van der Waals surface area contributed by atoms with E-state index in [0.29, 0.717) is 199 Å². The van der Waals surface area contributed by atoms with E-state index in [-0.39, 0.29) is 112 Å². The molecule has 12 rings (SSSR count). The summed E-state index contributed by atoms with van der Waals surface area (Å²) in [5, 5.41) is 32.2. The van der Waals surface area contributed by atoms with Crippen molar-refractivity contribution in [2.24, 2.45) is 35.5 Å². The first-order chi connectivity index (χ1) is 65.0. The molecule has 6 aromatic rings. The molecule has 1 aliphatic carbocycles. The van der Waals surface area contributed by atoms with E-state index in [9.17, 15) is 53.4 Å². The number of ketones is 4. The molecule has 5 fully saturated rings. The largest absolute Gasteiger partial charge is 0.460 e. The summed E-state index contributed by atoms with van der Waals surface area (Å²) in [6.07, 6.45) is 21.4. The number of aromatic nitrogens is 9. The highest BCUT2D eigenvalue weighted by atomic mass is 16.6. The highest BCUT2D eigenvalue weighted by molar-refractivity contribution is 6.39. The van der Waals surface area contributed by atoms with Crippen molar-refractivity contribution in [1.82, 2.24) is 64.7 Å². The van der Waals surface area contributed by atoms with Crippen molar-refractivity contribution in [2.75, 3.05) is 141 Å². The first kappa shape index (κ1) is 103. The van der Waals surface area contributed by atoms with E-state index >= 15 is 0 Å². The van der Waals surface area contributed by atoms with Crippen LogP contribution in [0.5, 0.6) is 0 Å². The topological polar surface area (TPSA) is 469 Å². The molecule has 37 heteroatoms. The highest BCUT2D eigenvalue weighted by Gasteiger charge is 2.53. The summed E-state index contributed by atoms with van der Waals surface area (Å²) < 4.78 is 55.2. The minimum atomic E-state index is -2.49. The second-order valence-electron chi connectivity index (χ2n) is 37.0. The van der Waals surface area contributed by atoms with E-state index in [1.807, 2.05) is 77.8 Å². The number of cyclic esters (lactones) is 1. The van der Waals surface area contributed by atoms with Crippen LogP contribution in [0, 0.1) is 35.5 Å². The number of aliphatic hydroxyl groups excluding tert-OH is 1. The van der Waals surface area contributed by atoms with Gasteiger partial charge in [-0.15, -0.1) is 0 Å². The molecule has 1 saturated carbocycles. The Labute approximate surface area is 789 Å². The lowest BCUT2D eigenvalue weighted by Gasteiger charge is -2.42. The molecule has 7 N–H and O–H groups in total. The molecule has 5 aromatic heterocycles. The molecular weight excluding hydrogens is 1740 g/mol. The van der Waals surface area contributed by atoms with Gasteiger partial charge in [0.15, 0.2) is 17.0 Å². The van der Waals surface area contributed by atoms with Crippen LogP contribution in [0.15, 0.2) is 101 Å². The number of hydrogen-bond donors (Lipinski definition) is 5. The third-order valence-corrected chi connectivity index (χ3v) is 27.1. The Morgan fingerprint density at radius 2 is 1.44 bits per heavy atom. The van der Waals surface area contributed by atoms with Gasteiger partial charge in [-0.1, -0.05) is 77.5 Å². The van der Waals surface area contributed by atoms with Gasteiger partial charge in [-0.2, -0.15) is 10.1 Å². The van der Waals surface area contributed by atoms with Crippen LogP contribution in [-0.2, 0) is 89.2 Å². The predicted molar refractivity (Wildman–Crippen MR) is 503 cm³/mol. The van der Waals surface area contributed by atoms with Gasteiger partial charge < -0.3 is 88.9 Å². The van der Waals surface area contributed by atoms with Gasteiger partial charge in [-0.05, 0) is 150 Å². The molecule has 0 radical (unpaired) electrons. The number of rotatable bonds is 32. The molecule has 734 valence electrons. The van der Waals surface area contributed by atoms with Gasteiger partial charge in [0.25, 0.3) is 23.6 Å². The predicted octanol–water partition coefficient (Wildman–Crippen LogP) is 8.90. The average molecular weight is 1870 g/mol. The van der Waals surface area contributed by atoms with Crippen LogP contribution in [0.2, 0.25) is 0 Å². The van der Waals surface area contributed by atoms with Crippen molar-refractivity contribution in [2.45, 2.75) is 238 Å². The Balaban J connectivity index is 0.525. The number of piperazine rings is 2. The lowest BCUT2D eigenvalue weighted by molar-refractivity contribution is -0.265. The molecular formula is C98H137N17O20. The number of unbranched alkanes of at least 4 members (excludes halogenated alkanes) is 2. The van der Waals surface area contributed by atoms with Gasteiger partial charge in [0.05, 0.1) is 62.1 Å². The van der Waals surface area contributed by atoms with Crippen molar-refractivity contribution < 1.29 is 95.7 Å². The standard InChI is InChI=1S/C98H137N17O20/c1-61-19-13-11-14-20-62(2)79(127-8)54-73-27-23-67(7)98(126,135-73)89(122)93(124)114-34-18-16-22-75(114)94(125)133-80(55-76(117)63(3)50-66(6)87(121)88(129-10)86(120)65(5)49-61)64(4)51-68-24-28-78(81(52-68)128-9)132-83(119)30-25-69-56-102-96(103-57-69)113-42-40-111(41-43-113)82(118)32-46-131-48-44-110-36-38-112(39-37-110)97-104-58-71(59-105-97)92(123)101-33-47-130-45-31-72(116)21-15-12-17-35-115-91-84(90(99)106-60-107-91)85(109-115)70-26-29-77-74(53-70)108-95(100)134-77/h11,13-14,19-20,26,29,50,53,56-61,63-65,67-68,73,75,78-81,87-88,121,126H,12,15-18,21-25,27-28,30-49,51-52,54-55H2,1-10H3,(H2,100,108)(H,101,123)(H2,99,106,107)/b14-11+,19-13+,62-20+,66-50+/t61-,63-,64-,65-,67-,68+,73+,75+,78-,79+,80+,81-,87-,88+,98-/m1/s1. The normalized spacial score (nSPS) is 27.1. The van der Waals surface area contributed by atoms with Crippen LogP contribution in [-0.4, -0.2) is 297 Å². The first-order valence-corrected chi connectivity index (χ1v) is 47.9. The number of aliphatic hydroxyl groups is 2. The van der Waals surface area contributed by atoms with Crippen LogP contribution < -0.4 is 26.6 Å². The SMILES string of the molecule is CO[C@H]1C[C@@H]2CC[C@@H](C)[C@@](O)(O2)C(=O)C(=O)N2CCCC[C@H]2C(=O)O[C@H]([C@H](C)C[C@@H]2CC[C@@H](OC(=O)CCc3cnc(N4CCN(C(=O)CCOCCN5CCN(c6ncc(C(=O)NCCOCCC(=O)CCCCCn7nc(-c8ccc9oc(N)nc9c8)c8c(N)ncnc87)cn6)CC5)CC4)nc3)[C@H](OC)C2)CC(=O)[C@H](C)/C=C(\C)[C@@H](O)[C@@H](OC)C(=O)[C@H](C)C[C@H](C)/C=C/C=C/C=C/1C. The van der Waals surface area contributed by atoms with Crippen LogP contribution in [0.4, 0.5) is 23.7 Å². The number of nitrogens with two attached hydrogens (primary N) is 2. The monoisotopic (exact) mass is 1870 g/mol. The van der Waals surface area contributed by atoms with Crippen molar-refractivity contribution >= 4 is 98.7 Å². The number of fused-ring (bicyclic) bond motifs is 5. The second-order valence-corrected chi connectivity index (χ2v) is 37.0. The summed E-state index contributed by atoms with van der Waals surface area (Å²) in [6, 6.07) is 4.35. The second kappa shape index (κ2) is 49.8.